The number of carbonyl (C=O) groups is 1. The minimum absolute atomic E-state index is 0.170. The molecule has 1 fully saturated rings. The molecule has 36 heavy (non-hydrogen) atoms. The minimum atomic E-state index is -0.592. The molecule has 0 saturated carbocycles. The van der Waals surface area contributed by atoms with Gasteiger partial charge in [0, 0.05) is 24.1 Å². The molecule has 1 aliphatic heterocycles. The summed E-state index contributed by atoms with van der Waals surface area (Å²) in [5.41, 5.74) is 3.44. The second kappa shape index (κ2) is 12.2. The number of likely N-dealkylation sites (tertiary alicyclic amines) is 1. The van der Waals surface area contributed by atoms with Gasteiger partial charge in [-0.15, -0.1) is 0 Å². The molecular weight excluding hydrogens is 464 g/mol. The smallest absolute Gasteiger partial charge is 0.267 e. The topological polar surface area (TPSA) is 119 Å². The minimum Gasteiger partial charge on any atom is -0.493 e. The van der Waals surface area contributed by atoms with Crippen molar-refractivity contribution in [1.29, 1.82) is 0 Å². The molecule has 1 saturated heterocycles. The van der Waals surface area contributed by atoms with Crippen molar-refractivity contribution >= 4 is 12.0 Å². The molecule has 0 bridgehead atoms. The number of benzene rings is 2. The number of nitrogens with zero attached hydrogens (tertiary/aromatic N) is 3. The molecule has 0 unspecified atom stereocenters. The van der Waals surface area contributed by atoms with Crippen LogP contribution in [0.25, 0.3) is 6.08 Å². The summed E-state index contributed by atoms with van der Waals surface area (Å²) in [5.74, 6) is 2.96. The van der Waals surface area contributed by atoms with Crippen LogP contribution >= 0.6 is 0 Å². The lowest BCUT2D eigenvalue weighted by Gasteiger charge is -2.31. The first-order valence-electron chi connectivity index (χ1n) is 11.7. The average Bonchev–Trinajstić information content (AvgIpc) is 3.40. The van der Waals surface area contributed by atoms with Gasteiger partial charge in [-0.25, -0.2) is 5.48 Å². The maximum absolute atomic E-state index is 11.1. The third-order valence-electron chi connectivity index (χ3n) is 6.09. The van der Waals surface area contributed by atoms with Gasteiger partial charge in [0.25, 0.3) is 11.8 Å². The number of carbonyl (C=O) groups excluding carboxylic acids is 1. The zero-order valence-corrected chi connectivity index (χ0v) is 20.3. The van der Waals surface area contributed by atoms with E-state index in [9.17, 15) is 4.79 Å². The SMILES string of the molecule is COc1cccc(CN2CCC(c3noc(COc4ccc(/C=C/C(=O)NO)cc4)n3)CC2)c1OC. The van der Waals surface area contributed by atoms with Crippen LogP contribution in [0.3, 0.4) is 0 Å². The quantitative estimate of drug-likeness (QED) is 0.248. The predicted octanol–water partition coefficient (Wildman–Crippen LogP) is 3.56. The first kappa shape index (κ1) is 25.2. The number of hydroxylamine groups is 1. The zero-order valence-electron chi connectivity index (χ0n) is 20.3. The Labute approximate surface area is 209 Å². The molecule has 10 heteroatoms. The highest BCUT2D eigenvalue weighted by Gasteiger charge is 2.25. The lowest BCUT2D eigenvalue weighted by atomic mass is 9.96. The van der Waals surface area contributed by atoms with Gasteiger partial charge in [0.05, 0.1) is 14.2 Å². The predicted molar refractivity (Wildman–Crippen MR) is 131 cm³/mol. The molecule has 0 atom stereocenters. The second-order valence-electron chi connectivity index (χ2n) is 8.42. The van der Waals surface area contributed by atoms with Gasteiger partial charge >= 0.3 is 0 Å². The van der Waals surface area contributed by atoms with Gasteiger partial charge in [-0.2, -0.15) is 4.98 Å². The summed E-state index contributed by atoms with van der Waals surface area (Å²) in [4.78, 5) is 18.0. The van der Waals surface area contributed by atoms with Crippen LogP contribution in [0.4, 0.5) is 0 Å². The molecule has 2 N–H and O–H groups in total. The molecule has 1 aromatic heterocycles. The Balaban J connectivity index is 1.26. The zero-order chi connectivity index (χ0) is 25.3. The number of methoxy groups -OCH3 is 2. The standard InChI is InChI=1S/C26H30N4O6/c1-33-22-5-3-4-20(25(22)34-2)16-30-14-12-19(13-15-30)26-27-24(36-29-26)17-35-21-9-6-18(7-10-21)8-11-23(31)28-32/h3-11,19,32H,12-17H2,1-2H3,(H,28,31)/b11-8+. The molecule has 2 heterocycles. The molecule has 2 aromatic carbocycles. The first-order valence-corrected chi connectivity index (χ1v) is 11.7. The summed E-state index contributed by atoms with van der Waals surface area (Å²) < 4.78 is 22.1. The number of aromatic nitrogens is 2. The fraction of sp³-hybridized carbons (Fsp3) is 0.346. The van der Waals surface area contributed by atoms with Crippen molar-refractivity contribution in [2.75, 3.05) is 27.3 Å². The van der Waals surface area contributed by atoms with Crippen LogP contribution in [0.5, 0.6) is 17.2 Å². The van der Waals surface area contributed by atoms with E-state index in [1.807, 2.05) is 12.1 Å². The van der Waals surface area contributed by atoms with Gasteiger partial charge in [-0.3, -0.25) is 14.9 Å². The van der Waals surface area contributed by atoms with E-state index in [2.05, 4.69) is 21.1 Å². The van der Waals surface area contributed by atoms with E-state index in [4.69, 9.17) is 23.9 Å². The van der Waals surface area contributed by atoms with Crippen molar-refractivity contribution in [1.82, 2.24) is 20.5 Å². The third-order valence-corrected chi connectivity index (χ3v) is 6.09. The summed E-state index contributed by atoms with van der Waals surface area (Å²) in [6.07, 6.45) is 4.69. The number of hydrogen-bond donors (Lipinski definition) is 2. The van der Waals surface area contributed by atoms with E-state index in [-0.39, 0.29) is 12.5 Å². The monoisotopic (exact) mass is 494 g/mol. The highest BCUT2D eigenvalue weighted by atomic mass is 16.5. The van der Waals surface area contributed by atoms with E-state index in [1.165, 1.54) is 6.08 Å². The maximum Gasteiger partial charge on any atom is 0.267 e. The molecule has 0 aliphatic carbocycles. The molecular formula is C26H30N4O6. The number of ether oxygens (including phenoxy) is 3. The van der Waals surface area contributed by atoms with Crippen molar-refractivity contribution < 1.29 is 28.7 Å². The van der Waals surface area contributed by atoms with Crippen LogP contribution in [0.2, 0.25) is 0 Å². The fourth-order valence-electron chi connectivity index (χ4n) is 4.19. The van der Waals surface area contributed by atoms with Crippen LogP contribution in [0, 0.1) is 0 Å². The van der Waals surface area contributed by atoms with E-state index < -0.39 is 5.91 Å². The molecule has 3 aromatic rings. The van der Waals surface area contributed by atoms with Crippen molar-refractivity contribution in [3.05, 3.63) is 71.4 Å². The van der Waals surface area contributed by atoms with Gasteiger partial charge in [-0.05, 0) is 55.8 Å². The van der Waals surface area contributed by atoms with Crippen LogP contribution in [-0.4, -0.2) is 53.5 Å². The van der Waals surface area contributed by atoms with Gasteiger partial charge in [0.2, 0.25) is 0 Å². The Morgan fingerprint density at radius 2 is 1.94 bits per heavy atom. The van der Waals surface area contributed by atoms with E-state index in [1.54, 1.807) is 50.0 Å². The number of rotatable bonds is 10. The Bertz CT molecular complexity index is 1170. The van der Waals surface area contributed by atoms with Crippen molar-refractivity contribution in [3.63, 3.8) is 0 Å². The van der Waals surface area contributed by atoms with Gasteiger partial charge in [0.1, 0.15) is 5.75 Å². The molecule has 10 nitrogen and oxygen atoms in total. The van der Waals surface area contributed by atoms with Crippen molar-refractivity contribution in [2.45, 2.75) is 31.9 Å². The number of para-hydroxylation sites is 1. The third kappa shape index (κ3) is 6.41. The molecule has 190 valence electrons. The fourth-order valence-corrected chi connectivity index (χ4v) is 4.19. The Hall–Kier alpha value is -3.89. The highest BCUT2D eigenvalue weighted by molar-refractivity contribution is 5.90. The molecule has 1 amide bonds. The molecule has 4 rings (SSSR count). The number of nitrogens with one attached hydrogen (secondary N) is 1. The van der Waals surface area contributed by atoms with Gasteiger partial charge in [0.15, 0.2) is 23.9 Å². The van der Waals surface area contributed by atoms with Crippen molar-refractivity contribution in [2.24, 2.45) is 0 Å². The van der Waals surface area contributed by atoms with E-state index >= 15 is 0 Å². The number of hydrogen-bond acceptors (Lipinski definition) is 9. The van der Waals surface area contributed by atoms with E-state index in [0.29, 0.717) is 11.6 Å². The average molecular weight is 495 g/mol. The Morgan fingerprint density at radius 3 is 2.64 bits per heavy atom. The number of piperidine rings is 1. The molecule has 0 radical (unpaired) electrons. The van der Waals surface area contributed by atoms with E-state index in [0.717, 1.165) is 60.9 Å². The number of amides is 1. The first-order chi connectivity index (χ1) is 17.6. The maximum atomic E-state index is 11.1. The van der Waals surface area contributed by atoms with Crippen molar-refractivity contribution in [3.8, 4) is 17.2 Å². The Morgan fingerprint density at radius 1 is 1.17 bits per heavy atom. The van der Waals surface area contributed by atoms with Gasteiger partial charge in [-0.1, -0.05) is 29.4 Å². The highest BCUT2D eigenvalue weighted by Crippen LogP contribution is 2.33. The van der Waals surface area contributed by atoms with Gasteiger partial charge < -0.3 is 18.7 Å². The van der Waals surface area contributed by atoms with Crippen LogP contribution < -0.4 is 19.7 Å². The second-order valence-corrected chi connectivity index (χ2v) is 8.42. The summed E-state index contributed by atoms with van der Waals surface area (Å²) in [6.45, 7) is 2.81. The largest absolute Gasteiger partial charge is 0.493 e. The summed E-state index contributed by atoms with van der Waals surface area (Å²) in [7, 11) is 3.31. The summed E-state index contributed by atoms with van der Waals surface area (Å²) in [5, 5.41) is 12.7. The lowest BCUT2D eigenvalue weighted by molar-refractivity contribution is -0.124. The molecule has 0 spiro atoms. The Kier molecular flexibility index (Phi) is 8.53. The van der Waals surface area contributed by atoms with Crippen LogP contribution in [-0.2, 0) is 17.9 Å². The normalized spacial score (nSPS) is 14.6. The lowest BCUT2D eigenvalue weighted by Crippen LogP contribution is -2.32. The van der Waals surface area contributed by atoms with Crippen LogP contribution in [0.1, 0.15) is 41.6 Å². The molecule has 1 aliphatic rings. The van der Waals surface area contributed by atoms with Crippen LogP contribution in [0.15, 0.2) is 53.1 Å². The summed E-state index contributed by atoms with van der Waals surface area (Å²) in [6, 6.07) is 13.1. The summed E-state index contributed by atoms with van der Waals surface area (Å²) >= 11 is 0.